The lowest BCUT2D eigenvalue weighted by Gasteiger charge is -2.16. The molecular weight excluding hydrogens is 336 g/mol. The third kappa shape index (κ3) is 8.74. The van der Waals surface area contributed by atoms with E-state index in [9.17, 15) is 19.8 Å². The predicted molar refractivity (Wildman–Crippen MR) is 98.6 cm³/mol. The molecule has 148 valence electrons. The quantitative estimate of drug-likeness (QED) is 0.293. The molecule has 0 spiro atoms. The van der Waals surface area contributed by atoms with Gasteiger partial charge in [0, 0.05) is 31.3 Å². The number of carbonyl (C=O) groups is 2. The molecule has 6 nitrogen and oxygen atoms in total. The summed E-state index contributed by atoms with van der Waals surface area (Å²) < 4.78 is 0. The van der Waals surface area contributed by atoms with Crippen LogP contribution in [0.5, 0.6) is 0 Å². The standard InChI is InChI=1S/C20H32O6/c21-13-7-3-4-8-15(22)11-12-17-16(18(23)14-19(17)24)9-5-1-2-6-10-20(25)26/h1,5,11-12,15-17,19,21-22,24H,2-4,6-10,13-14H2,(H,25,26)/b5-1+,12-11+/t15-,16+,17?,19+/m0/s1. The fourth-order valence-electron chi connectivity index (χ4n) is 3.25. The molecule has 4 N–H and O–H groups in total. The van der Waals surface area contributed by atoms with Crippen LogP contribution in [0.25, 0.3) is 0 Å². The van der Waals surface area contributed by atoms with Crippen LogP contribution in [0.15, 0.2) is 24.3 Å². The van der Waals surface area contributed by atoms with Crippen LogP contribution in [0.3, 0.4) is 0 Å². The summed E-state index contributed by atoms with van der Waals surface area (Å²) in [6, 6.07) is 0. The Bertz CT molecular complexity index is 485. The number of aliphatic hydroxyl groups is 3. The zero-order chi connectivity index (χ0) is 19.4. The smallest absolute Gasteiger partial charge is 0.303 e. The zero-order valence-corrected chi connectivity index (χ0v) is 15.3. The third-order valence-electron chi connectivity index (χ3n) is 4.76. The monoisotopic (exact) mass is 368 g/mol. The van der Waals surface area contributed by atoms with Gasteiger partial charge in [0.1, 0.15) is 5.78 Å². The van der Waals surface area contributed by atoms with Crippen molar-refractivity contribution in [2.24, 2.45) is 11.8 Å². The molecule has 0 radical (unpaired) electrons. The molecule has 6 heteroatoms. The number of hydrogen-bond donors (Lipinski definition) is 4. The molecule has 26 heavy (non-hydrogen) atoms. The average molecular weight is 368 g/mol. The average Bonchev–Trinajstić information content (AvgIpc) is 2.85. The largest absolute Gasteiger partial charge is 0.481 e. The number of aliphatic carboxylic acids is 1. The normalized spacial score (nSPS) is 24.7. The van der Waals surface area contributed by atoms with Gasteiger partial charge in [-0.2, -0.15) is 0 Å². The SMILES string of the molecule is O=C(O)CCC/C=C/C[C@H]1C(=O)C[C@@H](O)C1/C=C/[C@@H](O)CCCCCO. The van der Waals surface area contributed by atoms with Gasteiger partial charge >= 0.3 is 5.97 Å². The lowest BCUT2D eigenvalue weighted by Crippen LogP contribution is -2.18. The Balaban J connectivity index is 2.45. The van der Waals surface area contributed by atoms with E-state index in [4.69, 9.17) is 10.2 Å². The summed E-state index contributed by atoms with van der Waals surface area (Å²) in [6.45, 7) is 0.161. The number of carboxylic acids is 1. The molecule has 1 rings (SSSR count). The molecule has 0 heterocycles. The number of hydrogen-bond acceptors (Lipinski definition) is 5. The van der Waals surface area contributed by atoms with Gasteiger partial charge in [-0.25, -0.2) is 0 Å². The van der Waals surface area contributed by atoms with E-state index in [0.717, 1.165) is 19.3 Å². The number of carboxylic acid groups (broad SMARTS) is 1. The van der Waals surface area contributed by atoms with Crippen molar-refractivity contribution in [1.82, 2.24) is 0 Å². The minimum Gasteiger partial charge on any atom is -0.481 e. The second-order valence-electron chi connectivity index (χ2n) is 6.94. The molecule has 0 saturated heterocycles. The Labute approximate surface area is 155 Å². The van der Waals surface area contributed by atoms with E-state index in [2.05, 4.69) is 0 Å². The second-order valence-corrected chi connectivity index (χ2v) is 6.94. The van der Waals surface area contributed by atoms with Crippen molar-refractivity contribution >= 4 is 11.8 Å². The molecule has 1 saturated carbocycles. The van der Waals surface area contributed by atoms with E-state index in [0.29, 0.717) is 25.7 Å². The van der Waals surface area contributed by atoms with Crippen molar-refractivity contribution in [3.63, 3.8) is 0 Å². The van der Waals surface area contributed by atoms with Crippen LogP contribution < -0.4 is 0 Å². The fourth-order valence-corrected chi connectivity index (χ4v) is 3.25. The summed E-state index contributed by atoms with van der Waals surface area (Å²) in [7, 11) is 0. The molecule has 0 aromatic heterocycles. The van der Waals surface area contributed by atoms with Crippen LogP contribution in [-0.4, -0.2) is 51.0 Å². The lowest BCUT2D eigenvalue weighted by molar-refractivity contribution is -0.137. The van der Waals surface area contributed by atoms with E-state index in [-0.39, 0.29) is 37.1 Å². The van der Waals surface area contributed by atoms with Gasteiger partial charge in [0.2, 0.25) is 0 Å². The maximum Gasteiger partial charge on any atom is 0.303 e. The van der Waals surface area contributed by atoms with Crippen molar-refractivity contribution in [1.29, 1.82) is 0 Å². The van der Waals surface area contributed by atoms with Gasteiger partial charge in [0.05, 0.1) is 12.2 Å². The first-order valence-electron chi connectivity index (χ1n) is 9.50. The van der Waals surface area contributed by atoms with Crippen LogP contribution in [0.2, 0.25) is 0 Å². The number of Topliss-reactive ketones (excluding diaryl/α,β-unsaturated/α-hetero) is 1. The summed E-state index contributed by atoms with van der Waals surface area (Å²) in [5.41, 5.74) is 0. The Hall–Kier alpha value is -1.50. The molecule has 0 bridgehead atoms. The second kappa shape index (κ2) is 12.8. The first kappa shape index (κ1) is 22.5. The van der Waals surface area contributed by atoms with Gasteiger partial charge in [-0.3, -0.25) is 9.59 Å². The highest BCUT2D eigenvalue weighted by Crippen LogP contribution is 2.33. The Morgan fingerprint density at radius 3 is 2.65 bits per heavy atom. The van der Waals surface area contributed by atoms with Crippen molar-refractivity contribution < 1.29 is 30.0 Å². The molecule has 1 unspecified atom stereocenters. The maximum atomic E-state index is 12.1. The molecule has 1 aliphatic carbocycles. The van der Waals surface area contributed by atoms with Gasteiger partial charge in [-0.15, -0.1) is 0 Å². The van der Waals surface area contributed by atoms with E-state index in [1.54, 1.807) is 12.2 Å². The van der Waals surface area contributed by atoms with Crippen LogP contribution >= 0.6 is 0 Å². The van der Waals surface area contributed by atoms with Crippen molar-refractivity contribution in [3.05, 3.63) is 24.3 Å². The predicted octanol–water partition coefficient (Wildman–Crippen LogP) is 2.22. The molecule has 0 aromatic rings. The minimum absolute atomic E-state index is 0.0276. The van der Waals surface area contributed by atoms with Gasteiger partial charge < -0.3 is 20.4 Å². The summed E-state index contributed by atoms with van der Waals surface area (Å²) in [4.78, 5) is 22.6. The number of allylic oxidation sites excluding steroid dienone is 2. The Kier molecular flexibility index (Phi) is 11.1. The van der Waals surface area contributed by atoms with E-state index in [1.807, 2.05) is 12.2 Å². The highest BCUT2D eigenvalue weighted by molar-refractivity contribution is 5.84. The third-order valence-corrected chi connectivity index (χ3v) is 4.76. The highest BCUT2D eigenvalue weighted by atomic mass is 16.4. The summed E-state index contributed by atoms with van der Waals surface area (Å²) in [6.07, 6.45) is 10.9. The van der Waals surface area contributed by atoms with E-state index in [1.165, 1.54) is 0 Å². The number of carbonyl (C=O) groups excluding carboxylic acids is 1. The summed E-state index contributed by atoms with van der Waals surface area (Å²) >= 11 is 0. The van der Waals surface area contributed by atoms with Crippen molar-refractivity contribution in [2.45, 2.75) is 70.0 Å². The molecular formula is C20H32O6. The highest BCUT2D eigenvalue weighted by Gasteiger charge is 2.39. The van der Waals surface area contributed by atoms with E-state index < -0.39 is 18.2 Å². The molecule has 1 fully saturated rings. The van der Waals surface area contributed by atoms with Gasteiger partial charge in [-0.05, 0) is 32.1 Å². The lowest BCUT2D eigenvalue weighted by atomic mass is 9.90. The van der Waals surface area contributed by atoms with Gasteiger partial charge in [0.25, 0.3) is 0 Å². The molecule has 1 aliphatic rings. The van der Waals surface area contributed by atoms with Gasteiger partial charge in [0.15, 0.2) is 0 Å². The maximum absolute atomic E-state index is 12.1. The summed E-state index contributed by atoms with van der Waals surface area (Å²) in [5, 5.41) is 37.4. The van der Waals surface area contributed by atoms with Crippen LogP contribution in [0.1, 0.15) is 57.8 Å². The number of aliphatic hydroxyl groups excluding tert-OH is 3. The number of unbranched alkanes of at least 4 members (excludes halogenated alkanes) is 3. The van der Waals surface area contributed by atoms with Crippen LogP contribution in [0, 0.1) is 11.8 Å². The van der Waals surface area contributed by atoms with Crippen LogP contribution in [0.4, 0.5) is 0 Å². The first-order chi connectivity index (χ1) is 12.5. The number of rotatable bonds is 13. The number of ketones is 1. The fraction of sp³-hybridized carbons (Fsp3) is 0.700. The molecule has 4 atom stereocenters. The minimum atomic E-state index is -0.812. The van der Waals surface area contributed by atoms with Crippen molar-refractivity contribution in [3.8, 4) is 0 Å². The Morgan fingerprint density at radius 1 is 1.19 bits per heavy atom. The van der Waals surface area contributed by atoms with Crippen molar-refractivity contribution in [2.75, 3.05) is 6.61 Å². The topological polar surface area (TPSA) is 115 Å². The molecule has 0 aromatic carbocycles. The Morgan fingerprint density at radius 2 is 1.96 bits per heavy atom. The molecule has 0 aliphatic heterocycles. The zero-order valence-electron chi connectivity index (χ0n) is 15.3. The van der Waals surface area contributed by atoms with E-state index >= 15 is 0 Å². The van der Waals surface area contributed by atoms with Crippen LogP contribution in [-0.2, 0) is 9.59 Å². The molecule has 0 amide bonds. The summed E-state index contributed by atoms with van der Waals surface area (Å²) in [5.74, 6) is -1.37. The first-order valence-corrected chi connectivity index (χ1v) is 9.50. The van der Waals surface area contributed by atoms with Gasteiger partial charge in [-0.1, -0.05) is 37.1 Å².